The highest BCUT2D eigenvalue weighted by atomic mass is 79.9. The molecule has 2 atom stereocenters. The SMILES string of the molecule is CC1SCCN(CCNCc2cc(Br)cs2)C1C. The molecule has 0 aliphatic carbocycles. The van der Waals surface area contributed by atoms with Gasteiger partial charge in [0.2, 0.25) is 0 Å². The van der Waals surface area contributed by atoms with Crippen molar-refractivity contribution in [3.05, 3.63) is 20.8 Å². The van der Waals surface area contributed by atoms with Gasteiger partial charge in [0.15, 0.2) is 0 Å². The lowest BCUT2D eigenvalue weighted by atomic mass is 10.2. The zero-order valence-corrected chi connectivity index (χ0v) is 14.2. The van der Waals surface area contributed by atoms with E-state index >= 15 is 0 Å². The van der Waals surface area contributed by atoms with Crippen LogP contribution in [-0.2, 0) is 6.54 Å². The van der Waals surface area contributed by atoms with E-state index in [-0.39, 0.29) is 0 Å². The third-order valence-corrected chi connectivity index (χ3v) is 6.55. The van der Waals surface area contributed by atoms with Gasteiger partial charge in [-0.15, -0.1) is 11.3 Å². The first kappa shape index (κ1) is 14.9. The van der Waals surface area contributed by atoms with Crippen LogP contribution in [0.3, 0.4) is 0 Å². The molecule has 2 rings (SSSR count). The Morgan fingerprint density at radius 2 is 2.33 bits per heavy atom. The quantitative estimate of drug-likeness (QED) is 0.820. The summed E-state index contributed by atoms with van der Waals surface area (Å²) in [4.78, 5) is 4.01. The summed E-state index contributed by atoms with van der Waals surface area (Å²) in [6, 6.07) is 2.90. The molecule has 1 fully saturated rings. The fourth-order valence-electron chi connectivity index (χ4n) is 2.19. The van der Waals surface area contributed by atoms with Gasteiger partial charge in [-0.3, -0.25) is 4.90 Å². The van der Waals surface area contributed by atoms with Gasteiger partial charge >= 0.3 is 0 Å². The van der Waals surface area contributed by atoms with Crippen LogP contribution in [0.4, 0.5) is 0 Å². The number of hydrogen-bond donors (Lipinski definition) is 1. The van der Waals surface area contributed by atoms with Crippen molar-refractivity contribution in [3.8, 4) is 0 Å². The second-order valence-corrected chi connectivity index (χ2v) is 8.16. The van der Waals surface area contributed by atoms with Crippen molar-refractivity contribution < 1.29 is 0 Å². The van der Waals surface area contributed by atoms with E-state index in [1.807, 2.05) is 11.3 Å². The molecule has 0 amide bonds. The van der Waals surface area contributed by atoms with Crippen molar-refractivity contribution in [1.82, 2.24) is 10.2 Å². The van der Waals surface area contributed by atoms with Crippen LogP contribution in [0.5, 0.6) is 0 Å². The highest BCUT2D eigenvalue weighted by Gasteiger charge is 2.24. The number of halogens is 1. The maximum atomic E-state index is 3.54. The predicted molar refractivity (Wildman–Crippen MR) is 86.7 cm³/mol. The van der Waals surface area contributed by atoms with Crippen LogP contribution < -0.4 is 5.32 Å². The minimum absolute atomic E-state index is 0.710. The van der Waals surface area contributed by atoms with E-state index in [9.17, 15) is 0 Å². The Bertz CT molecular complexity index is 370. The van der Waals surface area contributed by atoms with E-state index in [4.69, 9.17) is 0 Å². The molecular weight excluding hydrogens is 328 g/mol. The average Bonchev–Trinajstić information content (AvgIpc) is 2.76. The van der Waals surface area contributed by atoms with Crippen molar-refractivity contribution in [3.63, 3.8) is 0 Å². The molecule has 0 aromatic carbocycles. The van der Waals surface area contributed by atoms with Crippen LogP contribution in [-0.4, -0.2) is 41.6 Å². The van der Waals surface area contributed by atoms with Gasteiger partial charge in [0.1, 0.15) is 0 Å². The third kappa shape index (κ3) is 4.23. The van der Waals surface area contributed by atoms with E-state index in [0.29, 0.717) is 6.04 Å². The molecule has 0 saturated carbocycles. The molecule has 0 radical (unpaired) electrons. The monoisotopic (exact) mass is 348 g/mol. The van der Waals surface area contributed by atoms with Crippen molar-refractivity contribution in [2.75, 3.05) is 25.4 Å². The molecule has 2 unspecified atom stereocenters. The minimum atomic E-state index is 0.710. The van der Waals surface area contributed by atoms with Gasteiger partial charge in [-0.25, -0.2) is 0 Å². The number of thiophene rings is 1. The van der Waals surface area contributed by atoms with E-state index in [2.05, 4.69) is 63.2 Å². The lowest BCUT2D eigenvalue weighted by Gasteiger charge is -2.37. The van der Waals surface area contributed by atoms with Gasteiger partial charge in [-0.1, -0.05) is 6.92 Å². The van der Waals surface area contributed by atoms with Gasteiger partial charge in [-0.05, 0) is 28.9 Å². The van der Waals surface area contributed by atoms with Gasteiger partial charge in [0.25, 0.3) is 0 Å². The number of rotatable bonds is 5. The fourth-order valence-corrected chi connectivity index (χ4v) is 4.77. The third-order valence-electron chi connectivity index (χ3n) is 3.51. The molecule has 2 nitrogen and oxygen atoms in total. The Balaban J connectivity index is 1.66. The van der Waals surface area contributed by atoms with Crippen LogP contribution >= 0.6 is 39.0 Å². The largest absolute Gasteiger partial charge is 0.311 e. The molecule has 18 heavy (non-hydrogen) atoms. The predicted octanol–water partition coefficient (Wildman–Crippen LogP) is 3.43. The average molecular weight is 349 g/mol. The molecule has 1 aromatic heterocycles. The molecular formula is C13H21BrN2S2. The zero-order valence-electron chi connectivity index (χ0n) is 11.0. The first-order valence-electron chi connectivity index (χ1n) is 6.46. The van der Waals surface area contributed by atoms with Crippen molar-refractivity contribution in [1.29, 1.82) is 0 Å². The van der Waals surface area contributed by atoms with Crippen LogP contribution in [0.1, 0.15) is 18.7 Å². The van der Waals surface area contributed by atoms with Crippen LogP contribution in [0.25, 0.3) is 0 Å². The highest BCUT2D eigenvalue weighted by molar-refractivity contribution is 9.10. The summed E-state index contributed by atoms with van der Waals surface area (Å²) in [6.07, 6.45) is 0. The topological polar surface area (TPSA) is 15.3 Å². The summed E-state index contributed by atoms with van der Waals surface area (Å²) in [7, 11) is 0. The lowest BCUT2D eigenvalue weighted by Crippen LogP contribution is -2.47. The first-order chi connectivity index (χ1) is 8.66. The number of nitrogens with zero attached hydrogens (tertiary/aromatic N) is 1. The molecule has 1 N–H and O–H groups in total. The van der Waals surface area contributed by atoms with Gasteiger partial charge in [-0.2, -0.15) is 11.8 Å². The van der Waals surface area contributed by atoms with Crippen LogP contribution in [0, 0.1) is 0 Å². The standard InChI is InChI=1S/C13H21BrN2S2/c1-10-11(2)17-6-5-16(10)4-3-15-8-13-7-12(14)9-18-13/h7,9-11,15H,3-6,8H2,1-2H3. The molecule has 102 valence electrons. The molecule has 1 aromatic rings. The molecule has 1 aliphatic heterocycles. The number of nitrogens with one attached hydrogen (secondary N) is 1. The summed E-state index contributed by atoms with van der Waals surface area (Å²) in [5.74, 6) is 1.28. The number of thioether (sulfide) groups is 1. The van der Waals surface area contributed by atoms with E-state index < -0.39 is 0 Å². The Morgan fingerprint density at radius 3 is 3.06 bits per heavy atom. The Morgan fingerprint density at radius 1 is 1.50 bits per heavy atom. The van der Waals surface area contributed by atoms with Gasteiger partial charge in [0.05, 0.1) is 0 Å². The zero-order chi connectivity index (χ0) is 13.0. The normalized spacial score (nSPS) is 25.5. The van der Waals surface area contributed by atoms with Crippen LogP contribution in [0.15, 0.2) is 15.9 Å². The van der Waals surface area contributed by atoms with Crippen molar-refractivity contribution >= 4 is 39.0 Å². The Hall–Kier alpha value is 0.450. The first-order valence-corrected chi connectivity index (χ1v) is 9.18. The van der Waals surface area contributed by atoms with Crippen LogP contribution in [0.2, 0.25) is 0 Å². The van der Waals surface area contributed by atoms with E-state index in [0.717, 1.165) is 18.3 Å². The maximum Gasteiger partial charge on any atom is 0.0300 e. The highest BCUT2D eigenvalue weighted by Crippen LogP contribution is 2.23. The summed E-state index contributed by atoms with van der Waals surface area (Å²) in [6.45, 7) is 9.17. The molecule has 2 heterocycles. The van der Waals surface area contributed by atoms with Gasteiger partial charge in [0, 0.05) is 58.0 Å². The van der Waals surface area contributed by atoms with E-state index in [1.54, 1.807) is 0 Å². The van der Waals surface area contributed by atoms with Gasteiger partial charge < -0.3 is 5.32 Å². The fraction of sp³-hybridized carbons (Fsp3) is 0.692. The maximum absolute atomic E-state index is 3.54. The smallest absolute Gasteiger partial charge is 0.0300 e. The molecule has 0 spiro atoms. The second-order valence-electron chi connectivity index (χ2n) is 4.76. The minimum Gasteiger partial charge on any atom is -0.311 e. The summed E-state index contributed by atoms with van der Waals surface area (Å²) in [5, 5.41) is 6.45. The van der Waals surface area contributed by atoms with Crippen molar-refractivity contribution in [2.45, 2.75) is 31.7 Å². The second kappa shape index (κ2) is 7.29. The molecule has 0 bridgehead atoms. The molecule has 5 heteroatoms. The summed E-state index contributed by atoms with van der Waals surface area (Å²) in [5.41, 5.74) is 0. The number of hydrogen-bond acceptors (Lipinski definition) is 4. The molecule has 1 saturated heterocycles. The Kier molecular flexibility index (Phi) is 6.01. The van der Waals surface area contributed by atoms with E-state index in [1.165, 1.54) is 28.2 Å². The van der Waals surface area contributed by atoms with Crippen molar-refractivity contribution in [2.24, 2.45) is 0 Å². The molecule has 1 aliphatic rings. The summed E-state index contributed by atoms with van der Waals surface area (Å²) < 4.78 is 1.19. The Labute approximate surface area is 127 Å². The summed E-state index contributed by atoms with van der Waals surface area (Å²) >= 11 is 7.40. The lowest BCUT2D eigenvalue weighted by molar-refractivity contribution is 0.213.